The van der Waals surface area contributed by atoms with Crippen LogP contribution in [0.4, 0.5) is 4.11 Å². The van der Waals surface area contributed by atoms with E-state index in [1.165, 1.54) is 33.9 Å². The number of carbonyl (C=O) groups is 10. The van der Waals surface area contributed by atoms with Crippen molar-refractivity contribution in [3.05, 3.63) is 29.8 Å². The Kier molecular flexibility index (Phi) is 31.5. The number of carboxylic acid groups (broad SMARTS) is 5. The second kappa shape index (κ2) is 35.8. The van der Waals surface area contributed by atoms with Crippen LogP contribution in [0.15, 0.2) is 24.3 Å². The smallest absolute Gasteiger partial charge is 0.320 e. The Labute approximate surface area is 485 Å². The van der Waals surface area contributed by atoms with Gasteiger partial charge in [-0.1, -0.05) is 53.7 Å². The minimum absolute atomic E-state index is 0.00584. The first-order chi connectivity index (χ1) is 38.8. The largest absolute Gasteiger partial charge is 0.480 e. The van der Waals surface area contributed by atoms with Gasteiger partial charge in [-0.05, 0) is 73.0 Å². The van der Waals surface area contributed by atoms with Gasteiger partial charge in [-0.15, -0.1) is 0 Å². The third kappa shape index (κ3) is 26.9. The molecule has 5 amide bonds. The Balaban J connectivity index is 2.32. The first kappa shape index (κ1) is 72.9. The minimum Gasteiger partial charge on any atom is -0.480 e. The summed E-state index contributed by atoms with van der Waals surface area (Å²) >= 11 is 0. The summed E-state index contributed by atoms with van der Waals surface area (Å²) in [6.07, 6.45) is -1.83. The number of amides is 5. The highest BCUT2D eigenvalue weighted by Crippen LogP contribution is 2.51. The summed E-state index contributed by atoms with van der Waals surface area (Å²) in [6.45, 7) is 9.78. The number of rotatable bonds is 34. The Morgan fingerprint density at radius 2 is 1.04 bits per heavy atom. The van der Waals surface area contributed by atoms with E-state index in [2.05, 4.69) is 31.9 Å². The van der Waals surface area contributed by atoms with E-state index in [1.807, 2.05) is 41.5 Å². The number of benzene rings is 1. The highest BCUT2D eigenvalue weighted by atomic mass is 28.4. The van der Waals surface area contributed by atoms with E-state index in [-0.39, 0.29) is 116 Å². The highest BCUT2D eigenvalue weighted by Gasteiger charge is 2.56. The maximum atomic E-state index is 17.1. The molecule has 1 aliphatic rings. The van der Waals surface area contributed by atoms with Gasteiger partial charge >= 0.3 is 29.8 Å². The highest BCUT2D eigenvalue weighted by molar-refractivity contribution is 6.90. The number of nitrogens with one attached hydrogen (secondary N) is 6. The van der Waals surface area contributed by atoms with E-state index in [1.54, 1.807) is 17.0 Å². The number of nitrogens with zero attached hydrogens (tertiary/aromatic N) is 4. The van der Waals surface area contributed by atoms with Crippen LogP contribution in [-0.4, -0.2) is 252 Å². The number of aliphatic hydroxyl groups is 2. The molecule has 0 aliphatic carbocycles. The first-order valence-corrected chi connectivity index (χ1v) is 29.9. The standard InChI is InChI=1S/C54H91FN10O17Si/c1-53(2,3)83(55,54(4,5)6)38-15-13-36(14-16-38)49(77)59-32-40(50(78)60-37(31-45(69)70)11-8-9-21-57-42(66)19-20-43(67)58-22-10-12-39(56-7)51(79)80)61-44(68)18-17-41(52(81)82)65-29-27-63(34-47(73)74)25-23-62(33-46(71)72)24-26-64(28-30-65)35-48(75)76/h13-16,37,39-41,45,56,69-70H,8-12,17-35H2,1-7H3,(H,57,66)(H,58,67)(H,59,77)(H,60,78)(H,61,68)(H,71,72)(H,73,74)(H,75,76)(H,79,80)(H,81,82)/t37-,39-,40-,41-/m1/s1. The molecule has 27 nitrogen and oxygen atoms in total. The summed E-state index contributed by atoms with van der Waals surface area (Å²) in [7, 11) is -2.19. The summed E-state index contributed by atoms with van der Waals surface area (Å²) in [5.41, 5.74) is 0.111. The van der Waals surface area contributed by atoms with Gasteiger partial charge < -0.3 is 71.8 Å². The van der Waals surface area contributed by atoms with Gasteiger partial charge in [-0.25, -0.2) is 0 Å². The van der Waals surface area contributed by atoms with Crippen LogP contribution < -0.4 is 37.1 Å². The first-order valence-electron chi connectivity index (χ1n) is 28.0. The summed E-state index contributed by atoms with van der Waals surface area (Å²) in [4.78, 5) is 132. The fourth-order valence-electron chi connectivity index (χ4n) is 10.1. The molecule has 1 aromatic carbocycles. The van der Waals surface area contributed by atoms with Crippen LogP contribution in [0, 0.1) is 0 Å². The van der Waals surface area contributed by atoms with Gasteiger partial charge in [0.05, 0.1) is 19.6 Å². The molecule has 0 spiro atoms. The lowest BCUT2D eigenvalue weighted by Gasteiger charge is -2.44. The third-order valence-corrected chi connectivity index (χ3v) is 19.7. The molecule has 4 atom stereocenters. The molecule has 1 saturated heterocycles. The zero-order valence-electron chi connectivity index (χ0n) is 49.0. The molecule has 29 heteroatoms. The van der Waals surface area contributed by atoms with Gasteiger partial charge in [0.15, 0.2) is 6.29 Å². The van der Waals surface area contributed by atoms with E-state index in [9.17, 15) is 78.6 Å². The van der Waals surface area contributed by atoms with Crippen LogP contribution in [0.1, 0.15) is 116 Å². The molecular formula is C54H91FN10O17Si. The zero-order chi connectivity index (χ0) is 62.7. The van der Waals surface area contributed by atoms with E-state index in [0.717, 1.165) is 0 Å². The number of hydrogen-bond acceptors (Lipinski definition) is 17. The second-order valence-corrected chi connectivity index (χ2v) is 27.8. The summed E-state index contributed by atoms with van der Waals surface area (Å²) in [5.74, 6) is -9.07. The fourth-order valence-corrected chi connectivity index (χ4v) is 14.7. The van der Waals surface area contributed by atoms with Crippen molar-refractivity contribution in [3.8, 4) is 0 Å². The molecule has 0 radical (unpaired) electrons. The molecule has 0 aromatic heterocycles. The maximum absolute atomic E-state index is 17.1. The number of aliphatic hydroxyl groups excluding tert-OH is 1. The Hall–Kier alpha value is -6.21. The van der Waals surface area contributed by atoms with Gasteiger partial charge in [0.1, 0.15) is 18.1 Å². The number of aliphatic carboxylic acids is 5. The van der Waals surface area contributed by atoms with Crippen molar-refractivity contribution in [1.82, 2.24) is 51.5 Å². The van der Waals surface area contributed by atoms with Gasteiger partial charge in [0, 0.05) is 109 Å². The van der Waals surface area contributed by atoms with Crippen molar-refractivity contribution in [2.45, 2.75) is 146 Å². The molecule has 470 valence electrons. The topological polar surface area (TPSA) is 397 Å². The van der Waals surface area contributed by atoms with E-state index >= 15 is 4.11 Å². The summed E-state index contributed by atoms with van der Waals surface area (Å²) in [5, 5.41) is 83.5. The Bertz CT molecular complexity index is 2260. The zero-order valence-corrected chi connectivity index (χ0v) is 50.0. The molecule has 1 aromatic rings. The minimum atomic E-state index is -3.71. The molecular weight excluding hydrogens is 1110 g/mol. The third-order valence-electron chi connectivity index (χ3n) is 14.4. The Morgan fingerprint density at radius 1 is 0.566 bits per heavy atom. The van der Waals surface area contributed by atoms with E-state index in [4.69, 9.17) is 5.11 Å². The quantitative estimate of drug-likeness (QED) is 0.0173. The van der Waals surface area contributed by atoms with Gasteiger partial charge in [-0.2, -0.15) is 0 Å². The number of unbranched alkanes of at least 4 members (excludes halogenated alkanes) is 1. The van der Waals surface area contributed by atoms with Gasteiger partial charge in [-0.3, -0.25) is 67.5 Å². The molecule has 1 aliphatic heterocycles. The van der Waals surface area contributed by atoms with Gasteiger partial charge in [0.25, 0.3) is 14.3 Å². The number of likely N-dealkylation sites (N-methyl/N-ethyl adjacent to an activating group) is 1. The normalized spacial score (nSPS) is 16.2. The summed E-state index contributed by atoms with van der Waals surface area (Å²) < 4.78 is 17.1. The maximum Gasteiger partial charge on any atom is 0.320 e. The summed E-state index contributed by atoms with van der Waals surface area (Å²) in [6, 6.07) is 1.44. The number of hydrogen-bond donors (Lipinski definition) is 13. The molecule has 0 unspecified atom stereocenters. The van der Waals surface area contributed by atoms with Crippen LogP contribution in [0.2, 0.25) is 10.1 Å². The van der Waals surface area contributed by atoms with Crippen LogP contribution in [-0.2, 0) is 43.2 Å². The average Bonchev–Trinajstić information content (AvgIpc) is 1.91. The monoisotopic (exact) mass is 1200 g/mol. The molecule has 0 bridgehead atoms. The van der Waals surface area contributed by atoms with Crippen LogP contribution in [0.3, 0.4) is 0 Å². The molecule has 83 heavy (non-hydrogen) atoms. The molecule has 1 heterocycles. The predicted molar refractivity (Wildman–Crippen MR) is 305 cm³/mol. The number of carboxylic acids is 5. The lowest BCUT2D eigenvalue weighted by atomic mass is 10.0. The van der Waals surface area contributed by atoms with Crippen LogP contribution >= 0.6 is 0 Å². The van der Waals surface area contributed by atoms with Crippen LogP contribution in [0.25, 0.3) is 0 Å². The predicted octanol–water partition coefficient (Wildman–Crippen LogP) is -0.847. The number of halogens is 1. The van der Waals surface area contributed by atoms with Crippen molar-refractivity contribution < 1.29 is 87.8 Å². The van der Waals surface area contributed by atoms with E-state index < -0.39 is 128 Å². The van der Waals surface area contributed by atoms with Crippen molar-refractivity contribution >= 4 is 73.0 Å². The second-order valence-electron chi connectivity index (χ2n) is 22.9. The number of carbonyl (C=O) groups excluding carboxylic acids is 5. The molecule has 2 rings (SSSR count). The van der Waals surface area contributed by atoms with Crippen LogP contribution in [0.5, 0.6) is 0 Å². The molecule has 13 N–H and O–H groups in total. The van der Waals surface area contributed by atoms with Crippen molar-refractivity contribution in [2.24, 2.45) is 0 Å². The molecule has 0 saturated carbocycles. The van der Waals surface area contributed by atoms with Gasteiger partial charge in [0.2, 0.25) is 23.6 Å². The average molecular weight is 1200 g/mol. The SMILES string of the molecule is CN[C@H](CCCNC(=O)CCC(=O)NCCCC[C@H](CC(O)O)NC(=O)[C@@H](CNC(=O)c1ccc([Si](F)(C(C)(C)C)C(C)(C)C)cc1)NC(=O)CC[C@H](C(=O)O)N1CCN(CC(=O)O)CCN(CC(=O)O)CCN(CC(=O)O)CC1)C(=O)O. The molecule has 1 fully saturated rings. The van der Waals surface area contributed by atoms with E-state index in [0.29, 0.717) is 30.9 Å². The lowest BCUT2D eigenvalue weighted by Crippen LogP contribution is -2.57. The lowest BCUT2D eigenvalue weighted by molar-refractivity contribution is -0.145. The van der Waals surface area contributed by atoms with Crippen molar-refractivity contribution in [3.63, 3.8) is 0 Å². The van der Waals surface area contributed by atoms with Crippen molar-refractivity contribution in [1.29, 1.82) is 0 Å². The van der Waals surface area contributed by atoms with Crippen molar-refractivity contribution in [2.75, 3.05) is 98.7 Å². The fraction of sp³-hybridized carbons (Fsp3) is 0.704. The Morgan fingerprint density at radius 3 is 1.46 bits per heavy atom.